The predicted octanol–water partition coefficient (Wildman–Crippen LogP) is 13.2. The minimum atomic E-state index is 0.172. The van der Waals surface area contributed by atoms with Crippen LogP contribution in [-0.4, -0.2) is 20.6 Å². The number of furan rings is 1. The van der Waals surface area contributed by atoms with Crippen LogP contribution >= 0.6 is 0 Å². The van der Waals surface area contributed by atoms with E-state index >= 15 is 0 Å². The number of anilines is 2. The Morgan fingerprint density at radius 1 is 0.491 bits per heavy atom. The zero-order valence-corrected chi connectivity index (χ0v) is 30.8. The third-order valence-corrected chi connectivity index (χ3v) is 11.7. The smallest absolute Gasteiger partial charge is 0.162 e. The van der Waals surface area contributed by atoms with Crippen molar-refractivity contribution >= 4 is 55.1 Å². The van der Waals surface area contributed by atoms with Gasteiger partial charge in [-0.15, -0.1) is 0 Å². The van der Waals surface area contributed by atoms with Gasteiger partial charge in [-0.2, -0.15) is 0 Å². The van der Waals surface area contributed by atoms with Crippen molar-refractivity contribution in [2.75, 3.05) is 4.90 Å². The van der Waals surface area contributed by atoms with E-state index in [1.54, 1.807) is 0 Å². The summed E-state index contributed by atoms with van der Waals surface area (Å²) in [6.07, 6.45) is 8.99. The zero-order chi connectivity index (χ0) is 37.5. The molecule has 0 saturated carbocycles. The number of aromatic nitrogens is 3. The van der Waals surface area contributed by atoms with Crippen LogP contribution in [0.3, 0.4) is 0 Å². The minimum Gasteiger partial charge on any atom is -0.455 e. The molecule has 7 aromatic carbocycles. The molecule has 1 aliphatic heterocycles. The van der Waals surface area contributed by atoms with Gasteiger partial charge in [0.05, 0.1) is 39.5 Å². The van der Waals surface area contributed by atoms with Gasteiger partial charge in [0.2, 0.25) is 0 Å². The molecule has 57 heavy (non-hydrogen) atoms. The van der Waals surface area contributed by atoms with Crippen LogP contribution in [0.4, 0.5) is 11.4 Å². The summed E-state index contributed by atoms with van der Waals surface area (Å²) in [4.78, 5) is 13.0. The number of hydrogen-bond acceptors (Lipinski definition) is 4. The molecule has 10 aromatic rings. The number of para-hydroxylation sites is 3. The molecule has 12 rings (SSSR count). The Labute approximate surface area is 329 Å². The van der Waals surface area contributed by atoms with Crippen molar-refractivity contribution < 1.29 is 4.42 Å². The van der Waals surface area contributed by atoms with E-state index in [0.29, 0.717) is 5.82 Å². The largest absolute Gasteiger partial charge is 0.455 e. The first-order valence-corrected chi connectivity index (χ1v) is 19.5. The molecule has 268 valence electrons. The summed E-state index contributed by atoms with van der Waals surface area (Å²) in [5.41, 5.74) is 13.4. The van der Waals surface area contributed by atoms with Crippen LogP contribution < -0.4 is 4.90 Å². The summed E-state index contributed by atoms with van der Waals surface area (Å²) < 4.78 is 9.58. The highest BCUT2D eigenvalue weighted by Crippen LogP contribution is 2.52. The van der Waals surface area contributed by atoms with Crippen molar-refractivity contribution in [1.82, 2.24) is 14.5 Å². The SMILES string of the molecule is C1=CC2c3c(ccc4c3oc3c4ccc4c3c3ccccc3n4-c3ccccc3-c3nc(-c4ccccc4)cc(-c4ccccc4)n3)N(c3ccccc3)C2C=C1. The molecule has 5 heteroatoms. The highest BCUT2D eigenvalue weighted by Gasteiger charge is 2.40. The fraction of sp³-hybridized carbons (Fsp3) is 0.0385. The molecule has 0 N–H and O–H groups in total. The normalized spacial score (nSPS) is 15.9. The fourth-order valence-electron chi connectivity index (χ4n) is 9.26. The average Bonchev–Trinajstić information content (AvgIpc) is 3.95. The van der Waals surface area contributed by atoms with E-state index in [1.807, 2.05) is 12.1 Å². The number of allylic oxidation sites excluding steroid dienone is 2. The van der Waals surface area contributed by atoms with Crippen LogP contribution in [0.2, 0.25) is 0 Å². The summed E-state index contributed by atoms with van der Waals surface area (Å²) in [5, 5.41) is 4.49. The Morgan fingerprint density at radius 3 is 1.89 bits per heavy atom. The van der Waals surface area contributed by atoms with Crippen LogP contribution in [0.5, 0.6) is 0 Å². The Hall–Kier alpha value is -7.50. The maximum Gasteiger partial charge on any atom is 0.162 e. The second-order valence-corrected chi connectivity index (χ2v) is 14.9. The second kappa shape index (κ2) is 12.5. The first-order valence-electron chi connectivity index (χ1n) is 19.5. The van der Waals surface area contributed by atoms with E-state index in [4.69, 9.17) is 14.4 Å². The van der Waals surface area contributed by atoms with Gasteiger partial charge >= 0.3 is 0 Å². The molecule has 2 unspecified atom stereocenters. The lowest BCUT2D eigenvalue weighted by atomic mass is 9.90. The van der Waals surface area contributed by atoms with Crippen molar-refractivity contribution in [3.8, 4) is 39.6 Å². The highest BCUT2D eigenvalue weighted by atomic mass is 16.3. The Morgan fingerprint density at radius 2 is 1.12 bits per heavy atom. The van der Waals surface area contributed by atoms with Crippen molar-refractivity contribution in [3.63, 3.8) is 0 Å². The second-order valence-electron chi connectivity index (χ2n) is 14.9. The van der Waals surface area contributed by atoms with Crippen molar-refractivity contribution in [2.24, 2.45) is 0 Å². The Balaban J connectivity index is 1.10. The lowest BCUT2D eigenvalue weighted by Gasteiger charge is -2.28. The third-order valence-electron chi connectivity index (χ3n) is 11.7. The van der Waals surface area contributed by atoms with Gasteiger partial charge in [-0.25, -0.2) is 9.97 Å². The molecule has 0 bridgehead atoms. The quantitative estimate of drug-likeness (QED) is 0.177. The van der Waals surface area contributed by atoms with Crippen LogP contribution in [0, 0.1) is 0 Å². The molecule has 1 aliphatic carbocycles. The van der Waals surface area contributed by atoms with Crippen LogP contribution in [-0.2, 0) is 0 Å². The van der Waals surface area contributed by atoms with Crippen LogP contribution in [0.15, 0.2) is 199 Å². The summed E-state index contributed by atoms with van der Waals surface area (Å²) in [6.45, 7) is 0. The minimum absolute atomic E-state index is 0.172. The monoisotopic (exact) mass is 730 g/mol. The van der Waals surface area contributed by atoms with Gasteiger partial charge in [0.15, 0.2) is 5.82 Å². The first kappa shape index (κ1) is 31.8. The van der Waals surface area contributed by atoms with Gasteiger partial charge in [-0.3, -0.25) is 0 Å². The molecule has 5 nitrogen and oxygen atoms in total. The van der Waals surface area contributed by atoms with Gasteiger partial charge in [0.1, 0.15) is 11.2 Å². The standard InChI is InChI=1S/C52H34N4O/c1-4-16-33(17-5-1)41-32-42(34-18-6-2-7-19-34)54-52(53-41)40-24-12-15-27-45(40)56-44-26-14-11-23-39(44)49-47(56)31-29-37-36-28-30-46-48(50(36)57-51(37)49)38-22-10-13-25-43(38)55(46)35-20-8-3-9-21-35/h1-32,38,43H. The maximum atomic E-state index is 7.22. The lowest BCUT2D eigenvalue weighted by molar-refractivity contribution is 0.659. The van der Waals surface area contributed by atoms with E-state index in [0.717, 1.165) is 77.5 Å². The maximum absolute atomic E-state index is 7.22. The van der Waals surface area contributed by atoms with Gasteiger partial charge < -0.3 is 13.9 Å². The Bertz CT molecular complexity index is 3190. The van der Waals surface area contributed by atoms with Gasteiger partial charge in [0.25, 0.3) is 0 Å². The molecule has 0 saturated heterocycles. The van der Waals surface area contributed by atoms with E-state index < -0.39 is 0 Å². The topological polar surface area (TPSA) is 47.1 Å². The average molecular weight is 731 g/mol. The van der Waals surface area contributed by atoms with E-state index in [9.17, 15) is 0 Å². The van der Waals surface area contributed by atoms with Gasteiger partial charge in [-0.1, -0.05) is 133 Å². The number of fused-ring (bicyclic) bond motifs is 11. The summed E-state index contributed by atoms with van der Waals surface area (Å²) in [6, 6.07) is 59.9. The number of nitrogens with zero attached hydrogens (tertiary/aromatic N) is 4. The number of rotatable bonds is 5. The summed E-state index contributed by atoms with van der Waals surface area (Å²) >= 11 is 0. The van der Waals surface area contributed by atoms with E-state index in [-0.39, 0.29) is 12.0 Å². The number of hydrogen-bond donors (Lipinski definition) is 0. The van der Waals surface area contributed by atoms with Crippen molar-refractivity contribution in [1.29, 1.82) is 0 Å². The molecule has 3 aromatic heterocycles. The van der Waals surface area contributed by atoms with Crippen LogP contribution in [0.1, 0.15) is 11.5 Å². The molecule has 2 aliphatic rings. The zero-order valence-electron chi connectivity index (χ0n) is 30.8. The van der Waals surface area contributed by atoms with Gasteiger partial charge in [-0.05, 0) is 60.7 Å². The third kappa shape index (κ3) is 4.82. The molecule has 4 heterocycles. The summed E-state index contributed by atoms with van der Waals surface area (Å²) in [7, 11) is 0. The van der Waals surface area contributed by atoms with E-state index in [2.05, 4.69) is 191 Å². The van der Waals surface area contributed by atoms with Crippen molar-refractivity contribution in [3.05, 3.63) is 200 Å². The van der Waals surface area contributed by atoms with Gasteiger partial charge in [0, 0.05) is 55.7 Å². The molecule has 2 atom stereocenters. The van der Waals surface area contributed by atoms with E-state index in [1.165, 1.54) is 16.9 Å². The molecule has 0 spiro atoms. The Kier molecular flexibility index (Phi) is 6.99. The molecular weight excluding hydrogens is 697 g/mol. The van der Waals surface area contributed by atoms with Crippen molar-refractivity contribution in [2.45, 2.75) is 12.0 Å². The highest BCUT2D eigenvalue weighted by molar-refractivity contribution is 6.24. The summed E-state index contributed by atoms with van der Waals surface area (Å²) in [5.74, 6) is 0.842. The predicted molar refractivity (Wildman–Crippen MR) is 233 cm³/mol. The molecule has 0 radical (unpaired) electrons. The first-order chi connectivity index (χ1) is 28.3. The molecule has 0 fully saturated rings. The lowest BCUT2D eigenvalue weighted by Crippen LogP contribution is -2.28. The van der Waals surface area contributed by atoms with Crippen LogP contribution in [0.25, 0.3) is 83.3 Å². The molecule has 0 amide bonds. The molecular formula is C52H34N4O. The number of benzene rings is 7. The fourth-order valence-corrected chi connectivity index (χ4v) is 9.26.